The van der Waals surface area contributed by atoms with Gasteiger partial charge in [-0.25, -0.2) is 4.99 Å². The molecule has 0 amide bonds. The van der Waals surface area contributed by atoms with Gasteiger partial charge in [0, 0.05) is 5.39 Å². The maximum Gasteiger partial charge on any atom is 0.170 e. The highest BCUT2D eigenvalue weighted by molar-refractivity contribution is 6.00. The van der Waals surface area contributed by atoms with Gasteiger partial charge in [0.25, 0.3) is 0 Å². The van der Waals surface area contributed by atoms with E-state index in [1.54, 1.807) is 7.11 Å². The van der Waals surface area contributed by atoms with Gasteiger partial charge in [-0.05, 0) is 36.4 Å². The summed E-state index contributed by atoms with van der Waals surface area (Å²) in [6.45, 7) is 0. The van der Waals surface area contributed by atoms with Crippen LogP contribution in [0, 0.1) is 0 Å². The minimum Gasteiger partial charge on any atom is -0.497 e. The predicted octanol–water partition coefficient (Wildman–Crippen LogP) is 3.48. The summed E-state index contributed by atoms with van der Waals surface area (Å²) in [7, 11) is 1.63. The van der Waals surface area contributed by atoms with Gasteiger partial charge in [-0.15, -0.1) is 0 Å². The average molecular weight is 266 g/mol. The summed E-state index contributed by atoms with van der Waals surface area (Å²) < 4.78 is 10.8. The summed E-state index contributed by atoms with van der Waals surface area (Å²) in [5.74, 6) is 1.71. The summed E-state index contributed by atoms with van der Waals surface area (Å²) in [4.78, 5) is 4.35. The molecule has 0 bridgehead atoms. The van der Waals surface area contributed by atoms with E-state index >= 15 is 0 Å². The maximum atomic E-state index is 5.99. The Bertz CT molecular complexity index is 725. The zero-order chi connectivity index (χ0) is 13.9. The van der Waals surface area contributed by atoms with Crippen LogP contribution in [0.4, 0.5) is 5.69 Å². The third kappa shape index (κ3) is 2.36. The molecule has 0 saturated carbocycles. The number of methoxy groups -OCH3 is 1. The fraction of sp³-hybridized carbons (Fsp3) is 0.0625. The lowest BCUT2D eigenvalue weighted by Crippen LogP contribution is -2.11. The Morgan fingerprint density at radius 3 is 2.55 bits per heavy atom. The van der Waals surface area contributed by atoms with Gasteiger partial charge in [0.15, 0.2) is 11.6 Å². The number of hydrogen-bond acceptors (Lipinski definition) is 3. The Balaban J connectivity index is 1.93. The molecule has 2 aromatic carbocycles. The number of ether oxygens (including phenoxy) is 1. The quantitative estimate of drug-likeness (QED) is 0.583. The lowest BCUT2D eigenvalue weighted by atomic mass is 10.2. The van der Waals surface area contributed by atoms with E-state index in [0.29, 0.717) is 11.6 Å². The van der Waals surface area contributed by atoms with E-state index in [-0.39, 0.29) is 0 Å². The molecular formula is C16H14N2O2. The summed E-state index contributed by atoms with van der Waals surface area (Å²) in [6.07, 6.45) is 0. The summed E-state index contributed by atoms with van der Waals surface area (Å²) in [5.41, 5.74) is 7.54. The summed E-state index contributed by atoms with van der Waals surface area (Å²) >= 11 is 0. The Kier molecular flexibility index (Phi) is 3.13. The molecule has 4 nitrogen and oxygen atoms in total. The van der Waals surface area contributed by atoms with E-state index < -0.39 is 0 Å². The van der Waals surface area contributed by atoms with Gasteiger partial charge in [-0.3, -0.25) is 0 Å². The number of hydrogen-bond donors (Lipinski definition) is 1. The Morgan fingerprint density at radius 1 is 1.10 bits per heavy atom. The van der Waals surface area contributed by atoms with Gasteiger partial charge < -0.3 is 14.9 Å². The molecule has 2 N–H and O–H groups in total. The second-order valence-corrected chi connectivity index (χ2v) is 4.34. The van der Waals surface area contributed by atoms with Crippen LogP contribution in [0.25, 0.3) is 11.0 Å². The number of aliphatic imine (C=N–C) groups is 1. The zero-order valence-corrected chi connectivity index (χ0v) is 11.0. The molecule has 100 valence electrons. The van der Waals surface area contributed by atoms with E-state index in [0.717, 1.165) is 22.4 Å². The molecule has 1 heterocycles. The van der Waals surface area contributed by atoms with Crippen LogP contribution < -0.4 is 10.5 Å². The Labute approximate surface area is 116 Å². The number of amidine groups is 1. The van der Waals surface area contributed by atoms with Crippen LogP contribution in [0.5, 0.6) is 5.75 Å². The number of furan rings is 1. The van der Waals surface area contributed by atoms with Crippen LogP contribution in [0.1, 0.15) is 5.76 Å². The molecule has 0 aliphatic carbocycles. The van der Waals surface area contributed by atoms with E-state index in [1.807, 2.05) is 54.6 Å². The van der Waals surface area contributed by atoms with Gasteiger partial charge in [-0.1, -0.05) is 18.2 Å². The second-order valence-electron chi connectivity index (χ2n) is 4.34. The average Bonchev–Trinajstić information content (AvgIpc) is 2.92. The molecule has 0 fully saturated rings. The topological polar surface area (TPSA) is 60.8 Å². The molecule has 20 heavy (non-hydrogen) atoms. The maximum absolute atomic E-state index is 5.99. The monoisotopic (exact) mass is 266 g/mol. The van der Waals surface area contributed by atoms with Crippen molar-refractivity contribution in [2.24, 2.45) is 10.7 Å². The fourth-order valence-electron chi connectivity index (χ4n) is 1.96. The molecule has 0 radical (unpaired) electrons. The van der Waals surface area contributed by atoms with Crippen molar-refractivity contribution in [1.82, 2.24) is 0 Å². The first-order chi connectivity index (χ1) is 9.76. The molecule has 1 aromatic heterocycles. The van der Waals surface area contributed by atoms with E-state index in [2.05, 4.69) is 4.99 Å². The first-order valence-electron chi connectivity index (χ1n) is 6.23. The number of rotatable bonds is 3. The van der Waals surface area contributed by atoms with Crippen molar-refractivity contribution in [3.63, 3.8) is 0 Å². The van der Waals surface area contributed by atoms with Crippen molar-refractivity contribution in [2.75, 3.05) is 7.11 Å². The Hall–Kier alpha value is -2.75. The second kappa shape index (κ2) is 5.09. The van der Waals surface area contributed by atoms with Crippen molar-refractivity contribution in [1.29, 1.82) is 0 Å². The van der Waals surface area contributed by atoms with Crippen molar-refractivity contribution in [3.8, 4) is 5.75 Å². The molecule has 0 spiro atoms. The van der Waals surface area contributed by atoms with Crippen LogP contribution in [0.3, 0.4) is 0 Å². The normalized spacial score (nSPS) is 11.8. The number of fused-ring (bicyclic) bond motifs is 1. The molecule has 0 atom stereocenters. The molecule has 3 aromatic rings. The van der Waals surface area contributed by atoms with Crippen molar-refractivity contribution >= 4 is 22.5 Å². The molecule has 3 rings (SSSR count). The lowest BCUT2D eigenvalue weighted by molar-refractivity contribution is 0.415. The van der Waals surface area contributed by atoms with Crippen LogP contribution in [-0.4, -0.2) is 12.9 Å². The predicted molar refractivity (Wildman–Crippen MR) is 79.6 cm³/mol. The third-order valence-corrected chi connectivity index (χ3v) is 3.00. The van der Waals surface area contributed by atoms with Crippen LogP contribution >= 0.6 is 0 Å². The van der Waals surface area contributed by atoms with Gasteiger partial charge in [0.05, 0.1) is 12.8 Å². The first kappa shape index (κ1) is 12.3. The van der Waals surface area contributed by atoms with E-state index in [4.69, 9.17) is 14.9 Å². The Morgan fingerprint density at radius 2 is 1.85 bits per heavy atom. The van der Waals surface area contributed by atoms with Gasteiger partial charge in [0.1, 0.15) is 11.3 Å². The van der Waals surface area contributed by atoms with Crippen LogP contribution in [0.15, 0.2) is 64.0 Å². The molecule has 0 unspecified atom stereocenters. The number of nitrogens with zero attached hydrogens (tertiary/aromatic N) is 1. The molecule has 0 aliphatic heterocycles. The first-order valence-corrected chi connectivity index (χ1v) is 6.23. The number of nitrogens with two attached hydrogens (primary N) is 1. The molecular weight excluding hydrogens is 252 g/mol. The lowest BCUT2D eigenvalue weighted by Gasteiger charge is -2.00. The standard InChI is InChI=1S/C16H14N2O2/c1-19-13-8-6-12(7-9-13)18-16(17)15-10-11-4-2-3-5-14(11)20-15/h2-10H,1H3,(H2,17,18). The zero-order valence-electron chi connectivity index (χ0n) is 11.0. The highest BCUT2D eigenvalue weighted by Gasteiger charge is 2.06. The fourth-order valence-corrected chi connectivity index (χ4v) is 1.96. The number of benzene rings is 2. The largest absolute Gasteiger partial charge is 0.497 e. The van der Waals surface area contributed by atoms with Gasteiger partial charge >= 0.3 is 0 Å². The summed E-state index contributed by atoms with van der Waals surface area (Å²) in [5, 5.41) is 1.01. The minimum absolute atomic E-state index is 0.353. The molecule has 0 aliphatic rings. The van der Waals surface area contributed by atoms with Crippen LogP contribution in [-0.2, 0) is 0 Å². The number of para-hydroxylation sites is 1. The highest BCUT2D eigenvalue weighted by Crippen LogP contribution is 2.21. The van der Waals surface area contributed by atoms with E-state index in [1.165, 1.54) is 0 Å². The molecule has 0 saturated heterocycles. The third-order valence-electron chi connectivity index (χ3n) is 3.00. The van der Waals surface area contributed by atoms with Gasteiger partial charge in [0.2, 0.25) is 0 Å². The summed E-state index contributed by atoms with van der Waals surface area (Å²) in [6, 6.07) is 17.0. The van der Waals surface area contributed by atoms with Gasteiger partial charge in [-0.2, -0.15) is 0 Å². The minimum atomic E-state index is 0.353. The van der Waals surface area contributed by atoms with Crippen molar-refractivity contribution in [3.05, 3.63) is 60.4 Å². The van der Waals surface area contributed by atoms with Crippen LogP contribution in [0.2, 0.25) is 0 Å². The SMILES string of the molecule is COc1ccc(N=C(N)c2cc3ccccc3o2)cc1. The van der Waals surface area contributed by atoms with Crippen molar-refractivity contribution in [2.45, 2.75) is 0 Å². The van der Waals surface area contributed by atoms with E-state index in [9.17, 15) is 0 Å². The molecule has 4 heteroatoms. The highest BCUT2D eigenvalue weighted by atomic mass is 16.5. The van der Waals surface area contributed by atoms with Crippen molar-refractivity contribution < 1.29 is 9.15 Å². The smallest absolute Gasteiger partial charge is 0.170 e.